The third kappa shape index (κ3) is 3.62. The lowest BCUT2D eigenvalue weighted by Gasteiger charge is -2.38. The first-order valence-corrected chi connectivity index (χ1v) is 10.5. The van der Waals surface area contributed by atoms with Crippen molar-refractivity contribution in [3.05, 3.63) is 54.0 Å². The smallest absolute Gasteiger partial charge is 0.257 e. The zero-order chi connectivity index (χ0) is 22.4. The minimum absolute atomic E-state index is 0.112. The molecule has 1 saturated heterocycles. The lowest BCUT2D eigenvalue weighted by molar-refractivity contribution is 0.102. The molecule has 1 fully saturated rings. The van der Waals surface area contributed by atoms with E-state index in [0.717, 1.165) is 18.8 Å². The van der Waals surface area contributed by atoms with E-state index < -0.39 is 11.7 Å². The van der Waals surface area contributed by atoms with Gasteiger partial charge in [-0.05, 0) is 32.9 Å². The van der Waals surface area contributed by atoms with Crippen LogP contribution in [-0.4, -0.2) is 55.6 Å². The van der Waals surface area contributed by atoms with Gasteiger partial charge in [-0.25, -0.2) is 13.9 Å². The van der Waals surface area contributed by atoms with E-state index in [9.17, 15) is 9.18 Å². The van der Waals surface area contributed by atoms with Gasteiger partial charge in [0, 0.05) is 43.6 Å². The summed E-state index contributed by atoms with van der Waals surface area (Å²) in [6.07, 6.45) is 4.72. The van der Waals surface area contributed by atoms with Crippen molar-refractivity contribution in [3.8, 4) is 0 Å². The molecule has 5 rings (SSSR count). The highest BCUT2D eigenvalue weighted by molar-refractivity contribution is 6.13. The maximum atomic E-state index is 14.4. The molecule has 32 heavy (non-hydrogen) atoms. The monoisotopic (exact) mass is 434 g/mol. The molecule has 0 bridgehead atoms. The Morgan fingerprint density at radius 1 is 1.16 bits per heavy atom. The molecule has 0 aliphatic carbocycles. The summed E-state index contributed by atoms with van der Waals surface area (Å²) in [6, 6.07) is 5.54. The van der Waals surface area contributed by atoms with Gasteiger partial charge in [0.1, 0.15) is 16.9 Å². The SMILES string of the molecule is Cc1nc2c(F)cc(NC(=O)c3ccc(N4C[C@@H](C)N[C@@H](C)C4)c4nccnc34)cn2n1. The highest BCUT2D eigenvalue weighted by Gasteiger charge is 2.24. The van der Waals surface area contributed by atoms with Gasteiger partial charge in [-0.15, -0.1) is 0 Å². The lowest BCUT2D eigenvalue weighted by atomic mass is 10.1. The first kappa shape index (κ1) is 20.3. The summed E-state index contributed by atoms with van der Waals surface area (Å²) in [4.78, 5) is 28.4. The Kier molecular flexibility index (Phi) is 4.93. The molecule has 2 N–H and O–H groups in total. The second kappa shape index (κ2) is 7.79. The molecule has 0 unspecified atom stereocenters. The molecule has 3 aromatic heterocycles. The van der Waals surface area contributed by atoms with Crippen molar-refractivity contribution in [3.63, 3.8) is 0 Å². The minimum Gasteiger partial charge on any atom is -0.367 e. The molecule has 1 aromatic carbocycles. The second-order valence-electron chi connectivity index (χ2n) is 8.22. The highest BCUT2D eigenvalue weighted by atomic mass is 19.1. The first-order valence-electron chi connectivity index (χ1n) is 10.5. The number of fused-ring (bicyclic) bond motifs is 2. The number of carbonyl (C=O) groups is 1. The van der Waals surface area contributed by atoms with Crippen molar-refractivity contribution in [2.24, 2.45) is 0 Å². The van der Waals surface area contributed by atoms with Gasteiger partial charge in [-0.3, -0.25) is 14.8 Å². The van der Waals surface area contributed by atoms with Gasteiger partial charge in [0.25, 0.3) is 5.91 Å². The summed E-state index contributed by atoms with van der Waals surface area (Å²) in [5.74, 6) is -0.522. The number of carbonyl (C=O) groups excluding carboxylic acids is 1. The van der Waals surface area contributed by atoms with Gasteiger partial charge in [0.15, 0.2) is 11.5 Å². The number of benzene rings is 1. The standard InChI is InChI=1S/C22H23FN8O/c1-12-9-30(10-13(2)26-12)18-5-4-16(19-20(18)25-7-6-24-19)22(32)28-15-8-17(23)21-27-14(3)29-31(21)11-15/h4-8,11-13,26H,9-10H2,1-3H3,(H,28,32)/t12-,13+. The Morgan fingerprint density at radius 2 is 1.88 bits per heavy atom. The van der Waals surface area contributed by atoms with Gasteiger partial charge >= 0.3 is 0 Å². The normalized spacial score (nSPS) is 18.9. The Labute approximate surface area is 183 Å². The van der Waals surface area contributed by atoms with Crippen molar-refractivity contribution in [2.45, 2.75) is 32.9 Å². The number of aromatic nitrogens is 5. The van der Waals surface area contributed by atoms with Crippen molar-refractivity contribution in [2.75, 3.05) is 23.3 Å². The number of piperazine rings is 1. The van der Waals surface area contributed by atoms with E-state index in [0.29, 0.717) is 34.5 Å². The van der Waals surface area contributed by atoms with E-state index in [1.54, 1.807) is 25.4 Å². The van der Waals surface area contributed by atoms with Gasteiger partial charge in [0.05, 0.1) is 23.1 Å². The number of hydrogen-bond donors (Lipinski definition) is 2. The predicted molar refractivity (Wildman–Crippen MR) is 119 cm³/mol. The number of halogens is 1. The van der Waals surface area contributed by atoms with E-state index in [1.165, 1.54) is 16.8 Å². The van der Waals surface area contributed by atoms with Crippen LogP contribution in [-0.2, 0) is 0 Å². The van der Waals surface area contributed by atoms with Crippen molar-refractivity contribution in [1.29, 1.82) is 0 Å². The molecule has 9 nitrogen and oxygen atoms in total. The van der Waals surface area contributed by atoms with Gasteiger partial charge < -0.3 is 15.5 Å². The summed E-state index contributed by atoms with van der Waals surface area (Å²) in [7, 11) is 0. The Morgan fingerprint density at radius 3 is 2.62 bits per heavy atom. The summed E-state index contributed by atoms with van der Waals surface area (Å²) in [5.41, 5.74) is 2.85. The van der Waals surface area contributed by atoms with Crippen LogP contribution in [0, 0.1) is 12.7 Å². The van der Waals surface area contributed by atoms with Crippen LogP contribution in [0.25, 0.3) is 16.7 Å². The Hall–Kier alpha value is -3.66. The van der Waals surface area contributed by atoms with Crippen LogP contribution in [0.5, 0.6) is 0 Å². The van der Waals surface area contributed by atoms with Crippen molar-refractivity contribution >= 4 is 34.0 Å². The topological polar surface area (TPSA) is 100 Å². The zero-order valence-electron chi connectivity index (χ0n) is 18.0. The lowest BCUT2D eigenvalue weighted by Crippen LogP contribution is -2.54. The molecule has 164 valence electrons. The number of rotatable bonds is 3. The molecule has 1 aliphatic rings. The molecule has 4 heterocycles. The van der Waals surface area contributed by atoms with Crippen molar-refractivity contribution < 1.29 is 9.18 Å². The first-order chi connectivity index (χ1) is 15.4. The number of pyridine rings is 1. The van der Waals surface area contributed by atoms with Crippen LogP contribution in [0.4, 0.5) is 15.8 Å². The summed E-state index contributed by atoms with van der Waals surface area (Å²) < 4.78 is 15.7. The summed E-state index contributed by atoms with van der Waals surface area (Å²) in [6.45, 7) is 7.63. The fourth-order valence-corrected chi connectivity index (χ4v) is 4.32. The molecule has 2 atom stereocenters. The molecule has 0 radical (unpaired) electrons. The van der Waals surface area contributed by atoms with E-state index in [-0.39, 0.29) is 11.3 Å². The number of nitrogens with one attached hydrogen (secondary N) is 2. The molecule has 0 spiro atoms. The average molecular weight is 434 g/mol. The third-order valence-electron chi connectivity index (χ3n) is 5.50. The molecule has 10 heteroatoms. The zero-order valence-corrected chi connectivity index (χ0v) is 18.0. The van der Waals surface area contributed by atoms with Crippen LogP contribution >= 0.6 is 0 Å². The summed E-state index contributed by atoms with van der Waals surface area (Å²) in [5, 5.41) is 10.4. The fourth-order valence-electron chi connectivity index (χ4n) is 4.32. The molecule has 1 amide bonds. The van der Waals surface area contributed by atoms with E-state index in [4.69, 9.17) is 0 Å². The summed E-state index contributed by atoms with van der Waals surface area (Å²) >= 11 is 0. The van der Waals surface area contributed by atoms with Crippen LogP contribution in [0.15, 0.2) is 36.8 Å². The van der Waals surface area contributed by atoms with Gasteiger partial charge in [-0.2, -0.15) is 5.10 Å². The second-order valence-corrected chi connectivity index (χ2v) is 8.22. The van der Waals surface area contributed by atoms with Crippen molar-refractivity contribution in [1.82, 2.24) is 29.9 Å². The molecule has 0 saturated carbocycles. The maximum absolute atomic E-state index is 14.4. The molecular weight excluding hydrogens is 411 g/mol. The minimum atomic E-state index is -0.564. The largest absolute Gasteiger partial charge is 0.367 e. The Balaban J connectivity index is 1.50. The van der Waals surface area contributed by atoms with Gasteiger partial charge in [0.2, 0.25) is 0 Å². The predicted octanol–water partition coefficient (Wildman–Crippen LogP) is 2.56. The van der Waals surface area contributed by atoms with Crippen LogP contribution in [0.2, 0.25) is 0 Å². The van der Waals surface area contributed by atoms with E-state index in [2.05, 4.69) is 49.4 Å². The average Bonchev–Trinajstić information content (AvgIpc) is 3.13. The quantitative estimate of drug-likeness (QED) is 0.511. The number of aryl methyl sites for hydroxylation is 1. The fraction of sp³-hybridized carbons (Fsp3) is 0.318. The highest BCUT2D eigenvalue weighted by Crippen LogP contribution is 2.28. The van der Waals surface area contributed by atoms with E-state index >= 15 is 0 Å². The molecule has 4 aromatic rings. The van der Waals surface area contributed by atoms with Gasteiger partial charge in [-0.1, -0.05) is 0 Å². The molecule has 1 aliphatic heterocycles. The van der Waals surface area contributed by atoms with Crippen LogP contribution < -0.4 is 15.5 Å². The van der Waals surface area contributed by atoms with E-state index in [1.807, 2.05) is 6.07 Å². The number of nitrogens with zero attached hydrogens (tertiary/aromatic N) is 6. The van der Waals surface area contributed by atoms with Crippen LogP contribution in [0.3, 0.4) is 0 Å². The third-order valence-corrected chi connectivity index (χ3v) is 5.50. The Bertz CT molecular complexity index is 1330. The maximum Gasteiger partial charge on any atom is 0.257 e. The molecular formula is C22H23FN8O. The number of hydrogen-bond acceptors (Lipinski definition) is 7. The number of anilines is 2. The number of amides is 1. The van der Waals surface area contributed by atoms with Crippen LogP contribution in [0.1, 0.15) is 30.0 Å².